The van der Waals surface area contributed by atoms with E-state index in [9.17, 15) is 0 Å². The van der Waals surface area contributed by atoms with E-state index in [2.05, 4.69) is 87.1 Å². The van der Waals surface area contributed by atoms with Gasteiger partial charge in [0.1, 0.15) is 0 Å². The van der Waals surface area contributed by atoms with Crippen molar-refractivity contribution in [2.75, 3.05) is 5.32 Å². The van der Waals surface area contributed by atoms with E-state index >= 15 is 0 Å². The second-order valence-corrected chi connectivity index (χ2v) is 6.72. The number of rotatable bonds is 4. The molecule has 0 bridgehead atoms. The zero-order chi connectivity index (χ0) is 16.4. The zero-order valence-corrected chi connectivity index (χ0v) is 15.2. The lowest BCUT2D eigenvalue weighted by atomic mass is 10.0. The Kier molecular flexibility index (Phi) is 4.53. The van der Waals surface area contributed by atoms with E-state index in [0.717, 1.165) is 22.7 Å². The number of hydrogen-bond acceptors (Lipinski definition) is 2. The fourth-order valence-electron chi connectivity index (χ4n) is 2.53. The number of hydrogen-bond donors (Lipinski definition) is 1. The monoisotopic (exact) mass is 369 g/mol. The largest absolute Gasteiger partial charge is 0.352 e. The van der Waals surface area contributed by atoms with Gasteiger partial charge in [-0.2, -0.15) is 0 Å². The Hall–Kier alpha value is -2.07. The van der Waals surface area contributed by atoms with E-state index in [1.807, 2.05) is 13.2 Å². The van der Waals surface area contributed by atoms with Crippen molar-refractivity contribution in [1.82, 2.24) is 9.55 Å². The molecule has 0 atom stereocenters. The molecule has 0 amide bonds. The highest BCUT2D eigenvalue weighted by molar-refractivity contribution is 9.10. The Morgan fingerprint density at radius 3 is 2.48 bits per heavy atom. The average Bonchev–Trinajstić information content (AvgIpc) is 2.90. The third-order valence-corrected chi connectivity index (χ3v) is 4.68. The van der Waals surface area contributed by atoms with Crippen molar-refractivity contribution in [2.45, 2.75) is 20.4 Å². The maximum Gasteiger partial charge on any atom is 0.203 e. The molecule has 0 spiro atoms. The van der Waals surface area contributed by atoms with Crippen LogP contribution in [-0.2, 0) is 13.6 Å². The van der Waals surface area contributed by atoms with E-state index < -0.39 is 0 Å². The third-order valence-electron chi connectivity index (χ3n) is 4.15. The quantitative estimate of drug-likeness (QED) is 0.694. The third kappa shape index (κ3) is 3.48. The lowest BCUT2D eigenvalue weighted by Gasteiger charge is -2.10. The first-order valence-corrected chi connectivity index (χ1v) is 8.41. The summed E-state index contributed by atoms with van der Waals surface area (Å²) in [7, 11) is 2.04. The molecule has 23 heavy (non-hydrogen) atoms. The molecule has 3 aromatic rings. The summed E-state index contributed by atoms with van der Waals surface area (Å²) in [6.07, 6.45) is 1.92. The molecule has 0 aliphatic rings. The minimum Gasteiger partial charge on any atom is -0.352 e. The van der Waals surface area contributed by atoms with Crippen molar-refractivity contribution in [2.24, 2.45) is 7.05 Å². The Bertz CT molecular complexity index is 819. The molecule has 0 radical (unpaired) electrons. The summed E-state index contributed by atoms with van der Waals surface area (Å²) in [5, 5.41) is 3.40. The van der Waals surface area contributed by atoms with Gasteiger partial charge in [0.05, 0.1) is 11.9 Å². The van der Waals surface area contributed by atoms with Crippen LogP contribution in [0.1, 0.15) is 16.7 Å². The van der Waals surface area contributed by atoms with Gasteiger partial charge in [-0.3, -0.25) is 0 Å². The van der Waals surface area contributed by atoms with Crippen molar-refractivity contribution in [1.29, 1.82) is 0 Å². The Balaban J connectivity index is 1.78. The van der Waals surface area contributed by atoms with Gasteiger partial charge in [-0.05, 0) is 48.7 Å². The van der Waals surface area contributed by atoms with Crippen LogP contribution < -0.4 is 5.32 Å². The van der Waals surface area contributed by atoms with Gasteiger partial charge in [-0.1, -0.05) is 40.2 Å². The average molecular weight is 370 g/mol. The molecule has 0 aliphatic heterocycles. The van der Waals surface area contributed by atoms with Crippen molar-refractivity contribution in [3.63, 3.8) is 0 Å². The number of anilines is 1. The summed E-state index contributed by atoms with van der Waals surface area (Å²) in [6, 6.07) is 14.8. The summed E-state index contributed by atoms with van der Waals surface area (Å²) in [5.74, 6) is 0.876. The summed E-state index contributed by atoms with van der Waals surface area (Å²) in [4.78, 5) is 4.52. The standard InChI is InChI=1S/C19H20BrN3/c1-13-4-7-16(10-14(13)2)18-12-22-19(23(18)3)21-11-15-5-8-17(20)9-6-15/h4-10,12H,11H2,1-3H3,(H,21,22). The van der Waals surface area contributed by atoms with E-state index in [1.54, 1.807) is 0 Å². The molecule has 0 unspecified atom stereocenters. The molecule has 4 heteroatoms. The SMILES string of the molecule is Cc1ccc(-c2cnc(NCc3ccc(Br)cc3)n2C)cc1C. The van der Waals surface area contributed by atoms with Crippen LogP contribution in [-0.4, -0.2) is 9.55 Å². The molecule has 118 valence electrons. The first-order valence-electron chi connectivity index (χ1n) is 7.62. The molecule has 0 saturated carbocycles. The van der Waals surface area contributed by atoms with Crippen LogP contribution in [0, 0.1) is 13.8 Å². The zero-order valence-electron chi connectivity index (χ0n) is 13.6. The van der Waals surface area contributed by atoms with Gasteiger partial charge in [0.25, 0.3) is 0 Å². The van der Waals surface area contributed by atoms with Gasteiger partial charge in [0, 0.05) is 23.6 Å². The molecular weight excluding hydrogens is 350 g/mol. The lowest BCUT2D eigenvalue weighted by molar-refractivity contribution is 0.906. The van der Waals surface area contributed by atoms with Crippen molar-refractivity contribution < 1.29 is 0 Å². The first kappa shape index (κ1) is 15.8. The van der Waals surface area contributed by atoms with Gasteiger partial charge >= 0.3 is 0 Å². The predicted octanol–water partition coefficient (Wildman–Crippen LogP) is 5.08. The van der Waals surface area contributed by atoms with Crippen LogP contribution in [0.4, 0.5) is 5.95 Å². The van der Waals surface area contributed by atoms with Crippen LogP contribution in [0.3, 0.4) is 0 Å². The molecule has 0 fully saturated rings. The minimum absolute atomic E-state index is 0.754. The van der Waals surface area contributed by atoms with E-state index in [1.165, 1.54) is 22.3 Å². The van der Waals surface area contributed by atoms with E-state index in [4.69, 9.17) is 0 Å². The summed E-state index contributed by atoms with van der Waals surface area (Å²) in [5.41, 5.74) is 6.15. The van der Waals surface area contributed by atoms with Crippen LogP contribution in [0.2, 0.25) is 0 Å². The number of nitrogens with one attached hydrogen (secondary N) is 1. The molecule has 0 aliphatic carbocycles. The topological polar surface area (TPSA) is 29.9 Å². The first-order chi connectivity index (χ1) is 11.0. The summed E-state index contributed by atoms with van der Waals surface area (Å²) >= 11 is 3.46. The fraction of sp³-hybridized carbons (Fsp3) is 0.211. The van der Waals surface area contributed by atoms with Crippen LogP contribution in [0.5, 0.6) is 0 Å². The highest BCUT2D eigenvalue weighted by atomic mass is 79.9. The Morgan fingerprint density at radius 1 is 1.04 bits per heavy atom. The van der Waals surface area contributed by atoms with Crippen LogP contribution in [0.15, 0.2) is 53.1 Å². The molecular formula is C19H20BrN3. The van der Waals surface area contributed by atoms with Gasteiger partial charge in [0.15, 0.2) is 0 Å². The van der Waals surface area contributed by atoms with Crippen molar-refractivity contribution in [3.8, 4) is 11.3 Å². The van der Waals surface area contributed by atoms with Crippen molar-refractivity contribution in [3.05, 3.63) is 69.8 Å². The second-order valence-electron chi connectivity index (χ2n) is 5.81. The highest BCUT2D eigenvalue weighted by Gasteiger charge is 2.09. The number of benzene rings is 2. The molecule has 0 saturated heterocycles. The number of nitrogens with zero attached hydrogens (tertiary/aromatic N) is 2. The highest BCUT2D eigenvalue weighted by Crippen LogP contribution is 2.24. The molecule has 1 aromatic heterocycles. The number of imidazole rings is 1. The van der Waals surface area contributed by atoms with Gasteiger partial charge in [-0.25, -0.2) is 4.98 Å². The van der Waals surface area contributed by atoms with E-state index in [0.29, 0.717) is 0 Å². The minimum atomic E-state index is 0.754. The predicted molar refractivity (Wildman–Crippen MR) is 99.6 cm³/mol. The van der Waals surface area contributed by atoms with Gasteiger partial charge in [0.2, 0.25) is 5.95 Å². The summed E-state index contributed by atoms with van der Waals surface area (Å²) in [6.45, 7) is 5.03. The maximum absolute atomic E-state index is 4.52. The Labute approximate surface area is 145 Å². The second kappa shape index (κ2) is 6.59. The van der Waals surface area contributed by atoms with Gasteiger partial charge in [-0.15, -0.1) is 0 Å². The van der Waals surface area contributed by atoms with Crippen molar-refractivity contribution >= 4 is 21.9 Å². The molecule has 3 nitrogen and oxygen atoms in total. The summed E-state index contributed by atoms with van der Waals surface area (Å²) < 4.78 is 3.19. The van der Waals surface area contributed by atoms with Crippen LogP contribution in [0.25, 0.3) is 11.3 Å². The normalized spacial score (nSPS) is 10.8. The number of aromatic nitrogens is 2. The van der Waals surface area contributed by atoms with Crippen LogP contribution >= 0.6 is 15.9 Å². The molecule has 1 heterocycles. The maximum atomic E-state index is 4.52. The lowest BCUT2D eigenvalue weighted by Crippen LogP contribution is -2.05. The fourth-order valence-corrected chi connectivity index (χ4v) is 2.79. The molecule has 2 aromatic carbocycles. The molecule has 3 rings (SSSR count). The smallest absolute Gasteiger partial charge is 0.203 e. The number of halogens is 1. The van der Waals surface area contributed by atoms with Gasteiger partial charge < -0.3 is 9.88 Å². The van der Waals surface area contributed by atoms with E-state index in [-0.39, 0.29) is 0 Å². The number of aryl methyl sites for hydroxylation is 2. The molecule has 1 N–H and O–H groups in total. The Morgan fingerprint density at radius 2 is 1.78 bits per heavy atom.